The molecule has 0 saturated carbocycles. The first-order valence-corrected chi connectivity index (χ1v) is 8.99. The molecule has 0 spiro atoms. The van der Waals surface area contributed by atoms with Gasteiger partial charge in [-0.2, -0.15) is 5.10 Å². The third kappa shape index (κ3) is 2.44. The zero-order valence-electron chi connectivity index (χ0n) is 14.4. The first-order valence-electron chi connectivity index (χ1n) is 8.99. The molecule has 0 atom stereocenters. The van der Waals surface area contributed by atoms with Gasteiger partial charge in [-0.3, -0.25) is 9.67 Å². The minimum absolute atomic E-state index is 0.902. The summed E-state index contributed by atoms with van der Waals surface area (Å²) in [6, 6.07) is 17.0. The molecule has 0 saturated heterocycles. The van der Waals surface area contributed by atoms with E-state index in [2.05, 4.69) is 62.1 Å². The lowest BCUT2D eigenvalue weighted by molar-refractivity contribution is 0.530. The molecule has 26 heavy (non-hydrogen) atoms. The van der Waals surface area contributed by atoms with Crippen LogP contribution in [-0.2, 0) is 13.1 Å². The fraction of sp³-hybridized carbons (Fsp3) is 0.190. The molecule has 0 bridgehead atoms. The van der Waals surface area contributed by atoms with Gasteiger partial charge in [-0.15, -0.1) is 0 Å². The first kappa shape index (κ1) is 15.1. The van der Waals surface area contributed by atoms with E-state index in [0.29, 0.717) is 0 Å². The Balaban J connectivity index is 1.58. The van der Waals surface area contributed by atoms with Crippen LogP contribution in [0.5, 0.6) is 0 Å². The van der Waals surface area contributed by atoms with Crippen molar-refractivity contribution in [2.45, 2.75) is 25.9 Å². The first-order chi connectivity index (χ1) is 12.9. The van der Waals surface area contributed by atoms with E-state index in [1.54, 1.807) is 12.7 Å². The summed E-state index contributed by atoms with van der Waals surface area (Å²) in [4.78, 5) is 8.68. The predicted octanol–water partition coefficient (Wildman–Crippen LogP) is 4.41. The third-order valence-electron chi connectivity index (χ3n) is 4.99. The second-order valence-electron chi connectivity index (χ2n) is 6.57. The van der Waals surface area contributed by atoms with Gasteiger partial charge in [-0.05, 0) is 25.0 Å². The van der Waals surface area contributed by atoms with E-state index < -0.39 is 0 Å². The SMILES string of the molecule is c1ccc2c(c1)ncc1c3ccccc3n(CCCCn3cncn3)c21. The second kappa shape index (κ2) is 6.26. The van der Waals surface area contributed by atoms with E-state index in [1.807, 2.05) is 16.9 Å². The summed E-state index contributed by atoms with van der Waals surface area (Å²) < 4.78 is 4.35. The molecule has 2 aromatic carbocycles. The summed E-state index contributed by atoms with van der Waals surface area (Å²) >= 11 is 0. The summed E-state index contributed by atoms with van der Waals surface area (Å²) in [5.41, 5.74) is 3.62. The van der Waals surface area contributed by atoms with Crippen LogP contribution in [0.2, 0.25) is 0 Å². The van der Waals surface area contributed by atoms with Gasteiger partial charge in [0.15, 0.2) is 0 Å². The number of aromatic nitrogens is 5. The van der Waals surface area contributed by atoms with Crippen LogP contribution in [0.3, 0.4) is 0 Å². The van der Waals surface area contributed by atoms with Gasteiger partial charge >= 0.3 is 0 Å². The number of aryl methyl sites for hydroxylation is 2. The average Bonchev–Trinajstić information content (AvgIpc) is 3.32. The number of nitrogens with zero attached hydrogens (tertiary/aromatic N) is 5. The van der Waals surface area contributed by atoms with Gasteiger partial charge in [0.2, 0.25) is 0 Å². The quantitative estimate of drug-likeness (QED) is 0.445. The Morgan fingerprint density at radius 1 is 0.808 bits per heavy atom. The van der Waals surface area contributed by atoms with E-state index in [0.717, 1.165) is 31.4 Å². The smallest absolute Gasteiger partial charge is 0.137 e. The summed E-state index contributed by atoms with van der Waals surface area (Å²) in [6.07, 6.45) is 7.54. The highest BCUT2D eigenvalue weighted by Crippen LogP contribution is 2.33. The number of hydrogen-bond donors (Lipinski definition) is 0. The van der Waals surface area contributed by atoms with Crippen LogP contribution >= 0.6 is 0 Å². The molecule has 5 aromatic rings. The summed E-state index contributed by atoms with van der Waals surface area (Å²) in [5, 5.41) is 7.91. The molecule has 0 N–H and O–H groups in total. The number of rotatable bonds is 5. The van der Waals surface area contributed by atoms with Gasteiger partial charge in [-0.1, -0.05) is 36.4 Å². The summed E-state index contributed by atoms with van der Waals surface area (Å²) in [5.74, 6) is 0. The molecule has 5 heteroatoms. The van der Waals surface area contributed by atoms with Crippen LogP contribution in [0.1, 0.15) is 12.8 Å². The molecule has 0 radical (unpaired) electrons. The van der Waals surface area contributed by atoms with E-state index >= 15 is 0 Å². The van der Waals surface area contributed by atoms with Crippen molar-refractivity contribution in [2.75, 3.05) is 0 Å². The number of para-hydroxylation sites is 2. The number of pyridine rings is 1. The maximum atomic E-state index is 4.67. The Kier molecular flexibility index (Phi) is 3.63. The van der Waals surface area contributed by atoms with Gasteiger partial charge in [0.05, 0.1) is 11.0 Å². The van der Waals surface area contributed by atoms with Crippen LogP contribution < -0.4 is 0 Å². The van der Waals surface area contributed by atoms with E-state index in [9.17, 15) is 0 Å². The molecule has 5 rings (SSSR count). The molecule has 5 nitrogen and oxygen atoms in total. The number of hydrogen-bond acceptors (Lipinski definition) is 3. The Morgan fingerprint density at radius 3 is 2.50 bits per heavy atom. The second-order valence-corrected chi connectivity index (χ2v) is 6.57. The van der Waals surface area contributed by atoms with Crippen LogP contribution in [-0.4, -0.2) is 24.3 Å². The van der Waals surface area contributed by atoms with E-state index in [1.165, 1.54) is 27.2 Å². The fourth-order valence-corrected chi connectivity index (χ4v) is 3.80. The van der Waals surface area contributed by atoms with E-state index in [4.69, 9.17) is 0 Å². The lowest BCUT2D eigenvalue weighted by atomic mass is 10.1. The maximum absolute atomic E-state index is 4.67. The van der Waals surface area contributed by atoms with E-state index in [-0.39, 0.29) is 0 Å². The largest absolute Gasteiger partial charge is 0.340 e. The number of fused-ring (bicyclic) bond motifs is 5. The molecule has 0 aliphatic rings. The van der Waals surface area contributed by atoms with Crippen molar-refractivity contribution in [1.29, 1.82) is 0 Å². The van der Waals surface area contributed by atoms with Crippen LogP contribution in [0.4, 0.5) is 0 Å². The van der Waals surface area contributed by atoms with Gasteiger partial charge in [0.1, 0.15) is 12.7 Å². The average molecular weight is 341 g/mol. The van der Waals surface area contributed by atoms with Crippen molar-refractivity contribution in [3.8, 4) is 0 Å². The summed E-state index contributed by atoms with van der Waals surface area (Å²) in [7, 11) is 0. The van der Waals surface area contributed by atoms with Crippen molar-refractivity contribution in [3.63, 3.8) is 0 Å². The highest BCUT2D eigenvalue weighted by molar-refractivity contribution is 6.16. The molecule has 0 aliphatic heterocycles. The van der Waals surface area contributed by atoms with Gasteiger partial charge in [0.25, 0.3) is 0 Å². The Labute approximate surface area is 150 Å². The molecule has 0 unspecified atom stereocenters. The van der Waals surface area contributed by atoms with Gasteiger partial charge < -0.3 is 4.57 Å². The van der Waals surface area contributed by atoms with Crippen molar-refractivity contribution in [2.24, 2.45) is 0 Å². The zero-order chi connectivity index (χ0) is 17.3. The Bertz CT molecular complexity index is 1190. The predicted molar refractivity (Wildman–Crippen MR) is 104 cm³/mol. The molecule has 0 amide bonds. The normalized spacial score (nSPS) is 11.7. The van der Waals surface area contributed by atoms with Gasteiger partial charge in [0, 0.05) is 41.0 Å². The molecule has 3 heterocycles. The number of benzene rings is 2. The standard InChI is InChI=1S/C21H19N5/c1-3-9-19-17(8-1)21-18(13-23-19)16-7-2-4-10-20(16)26(21)12-6-5-11-25-15-22-14-24-25/h1-4,7-10,13-15H,5-6,11-12H2. The molecule has 3 aromatic heterocycles. The monoisotopic (exact) mass is 341 g/mol. The minimum Gasteiger partial charge on any atom is -0.340 e. The van der Waals surface area contributed by atoms with Gasteiger partial charge in [-0.25, -0.2) is 4.98 Å². The highest BCUT2D eigenvalue weighted by Gasteiger charge is 2.13. The van der Waals surface area contributed by atoms with Crippen molar-refractivity contribution >= 4 is 32.7 Å². The highest BCUT2D eigenvalue weighted by atomic mass is 15.3. The fourth-order valence-electron chi connectivity index (χ4n) is 3.80. The van der Waals surface area contributed by atoms with Crippen LogP contribution in [0, 0.1) is 0 Å². The Morgan fingerprint density at radius 2 is 1.62 bits per heavy atom. The maximum Gasteiger partial charge on any atom is 0.137 e. The zero-order valence-corrected chi connectivity index (χ0v) is 14.4. The van der Waals surface area contributed by atoms with Crippen LogP contribution in [0.15, 0.2) is 67.4 Å². The number of unbranched alkanes of at least 4 members (excludes halogenated alkanes) is 1. The minimum atomic E-state index is 0.902. The van der Waals surface area contributed by atoms with Crippen molar-refractivity contribution in [1.82, 2.24) is 24.3 Å². The molecule has 0 fully saturated rings. The van der Waals surface area contributed by atoms with Crippen molar-refractivity contribution < 1.29 is 0 Å². The summed E-state index contributed by atoms with van der Waals surface area (Å²) in [6.45, 7) is 1.88. The topological polar surface area (TPSA) is 48.5 Å². The molecular weight excluding hydrogens is 322 g/mol. The third-order valence-corrected chi connectivity index (χ3v) is 4.99. The van der Waals surface area contributed by atoms with Crippen LogP contribution in [0.25, 0.3) is 32.7 Å². The molecule has 128 valence electrons. The molecular formula is C21H19N5. The lowest BCUT2D eigenvalue weighted by Gasteiger charge is -2.09. The lowest BCUT2D eigenvalue weighted by Crippen LogP contribution is -2.02. The Hall–Kier alpha value is -3.21. The molecule has 0 aliphatic carbocycles. The van der Waals surface area contributed by atoms with Crippen molar-refractivity contribution in [3.05, 3.63) is 67.4 Å².